The minimum absolute atomic E-state index is 0.0374. The molecule has 2 heterocycles. The van der Waals surface area contributed by atoms with Gasteiger partial charge in [-0.25, -0.2) is 0 Å². The zero-order valence-corrected chi connectivity index (χ0v) is 9.91. The Morgan fingerprint density at radius 3 is 3.00 bits per heavy atom. The number of rotatable bonds is 3. The molecule has 2 rings (SSSR count). The highest BCUT2D eigenvalue weighted by Crippen LogP contribution is 2.18. The molecule has 1 fully saturated rings. The number of hydrogen-bond acceptors (Lipinski definition) is 5. The van der Waals surface area contributed by atoms with Gasteiger partial charge in [-0.05, 0) is 19.1 Å². The zero-order valence-electron chi connectivity index (χ0n) is 9.91. The zero-order chi connectivity index (χ0) is 12.3. The minimum Gasteiger partial charge on any atom is -0.394 e. The fourth-order valence-electron chi connectivity index (χ4n) is 1.90. The van der Waals surface area contributed by atoms with Gasteiger partial charge in [0.25, 0.3) is 0 Å². The third-order valence-electron chi connectivity index (χ3n) is 2.91. The lowest BCUT2D eigenvalue weighted by atomic mass is 10.2. The summed E-state index contributed by atoms with van der Waals surface area (Å²) in [7, 11) is 0. The number of aromatic nitrogens is 1. The lowest BCUT2D eigenvalue weighted by molar-refractivity contribution is 0.00355. The van der Waals surface area contributed by atoms with Crippen LogP contribution in [0.25, 0.3) is 0 Å². The summed E-state index contributed by atoms with van der Waals surface area (Å²) in [6, 6.07) is 3.76. The van der Waals surface area contributed by atoms with Gasteiger partial charge in [-0.3, -0.25) is 4.98 Å². The molecular formula is C12H18N2O3. The number of nitrogens with zero attached hydrogens (tertiary/aromatic N) is 2. The Morgan fingerprint density at radius 2 is 2.41 bits per heavy atom. The summed E-state index contributed by atoms with van der Waals surface area (Å²) in [4.78, 5) is 6.34. The molecule has 1 unspecified atom stereocenters. The van der Waals surface area contributed by atoms with Gasteiger partial charge >= 0.3 is 0 Å². The number of morpholine rings is 1. The van der Waals surface area contributed by atoms with E-state index in [2.05, 4.69) is 9.88 Å². The Hall–Kier alpha value is -1.17. The summed E-state index contributed by atoms with van der Waals surface area (Å²) in [6.07, 6.45) is 1.08. The van der Waals surface area contributed by atoms with Crippen LogP contribution >= 0.6 is 0 Å². The molecule has 2 atom stereocenters. The molecule has 1 aromatic heterocycles. The lowest BCUT2D eigenvalue weighted by Gasteiger charge is -2.33. The Bertz CT molecular complexity index is 353. The van der Waals surface area contributed by atoms with E-state index in [0.29, 0.717) is 18.8 Å². The summed E-state index contributed by atoms with van der Waals surface area (Å²) in [5.74, 6) is 0. The van der Waals surface area contributed by atoms with Gasteiger partial charge in [0.2, 0.25) is 0 Å². The standard InChI is InChI=1S/C12H18N2O3/c1-9(16)12-3-2-10(6-13-12)14-4-5-17-11(7-14)8-15/h2-3,6,9,11,15-16H,4-5,7-8H2,1H3/t9-,11?/m0/s1. The van der Waals surface area contributed by atoms with E-state index >= 15 is 0 Å². The predicted molar refractivity (Wildman–Crippen MR) is 63.9 cm³/mol. The van der Waals surface area contributed by atoms with Crippen LogP contribution in [0.4, 0.5) is 5.69 Å². The number of hydrogen-bond donors (Lipinski definition) is 2. The van der Waals surface area contributed by atoms with Crippen molar-refractivity contribution in [2.45, 2.75) is 19.1 Å². The summed E-state index contributed by atoms with van der Waals surface area (Å²) in [5, 5.41) is 18.4. The van der Waals surface area contributed by atoms with Crippen LogP contribution in [0.15, 0.2) is 18.3 Å². The molecule has 5 heteroatoms. The molecule has 94 valence electrons. The molecule has 5 nitrogen and oxygen atoms in total. The van der Waals surface area contributed by atoms with Crippen LogP contribution in [0.2, 0.25) is 0 Å². The van der Waals surface area contributed by atoms with Crippen LogP contribution in [0, 0.1) is 0 Å². The molecule has 2 N–H and O–H groups in total. The van der Waals surface area contributed by atoms with Crippen LogP contribution in [0.3, 0.4) is 0 Å². The molecule has 0 radical (unpaired) electrons. The third-order valence-corrected chi connectivity index (χ3v) is 2.91. The molecule has 0 aliphatic carbocycles. The van der Waals surface area contributed by atoms with Crippen molar-refractivity contribution < 1.29 is 14.9 Å². The fourth-order valence-corrected chi connectivity index (χ4v) is 1.90. The van der Waals surface area contributed by atoms with Crippen molar-refractivity contribution in [1.29, 1.82) is 0 Å². The SMILES string of the molecule is C[C@H](O)c1ccc(N2CCOC(CO)C2)cn1. The van der Waals surface area contributed by atoms with Gasteiger partial charge in [0, 0.05) is 13.1 Å². The minimum atomic E-state index is -0.543. The lowest BCUT2D eigenvalue weighted by Crippen LogP contribution is -2.44. The van der Waals surface area contributed by atoms with Crippen molar-refractivity contribution in [3.63, 3.8) is 0 Å². The highest BCUT2D eigenvalue weighted by atomic mass is 16.5. The summed E-state index contributed by atoms with van der Waals surface area (Å²) < 4.78 is 5.39. The first kappa shape index (κ1) is 12.3. The van der Waals surface area contributed by atoms with E-state index in [0.717, 1.165) is 12.2 Å². The Morgan fingerprint density at radius 1 is 1.59 bits per heavy atom. The largest absolute Gasteiger partial charge is 0.394 e. The first-order valence-electron chi connectivity index (χ1n) is 5.82. The van der Waals surface area contributed by atoms with Crippen LogP contribution < -0.4 is 4.90 Å². The van der Waals surface area contributed by atoms with Crippen molar-refractivity contribution in [2.75, 3.05) is 31.2 Å². The second-order valence-electron chi connectivity index (χ2n) is 4.24. The van der Waals surface area contributed by atoms with E-state index in [1.165, 1.54) is 0 Å². The predicted octanol–water partition coefficient (Wildman–Crippen LogP) is 0.332. The van der Waals surface area contributed by atoms with Gasteiger partial charge in [-0.15, -0.1) is 0 Å². The van der Waals surface area contributed by atoms with Gasteiger partial charge in [0.05, 0.1) is 43.0 Å². The molecule has 1 aromatic rings. The van der Waals surface area contributed by atoms with Gasteiger partial charge in [-0.1, -0.05) is 0 Å². The van der Waals surface area contributed by atoms with Gasteiger partial charge < -0.3 is 19.8 Å². The van der Waals surface area contributed by atoms with Crippen molar-refractivity contribution in [2.24, 2.45) is 0 Å². The maximum absolute atomic E-state index is 9.38. The van der Waals surface area contributed by atoms with Crippen molar-refractivity contribution in [3.05, 3.63) is 24.0 Å². The van der Waals surface area contributed by atoms with Crippen molar-refractivity contribution in [1.82, 2.24) is 4.98 Å². The molecule has 1 saturated heterocycles. The quantitative estimate of drug-likeness (QED) is 0.794. The van der Waals surface area contributed by atoms with Crippen molar-refractivity contribution in [3.8, 4) is 0 Å². The first-order valence-corrected chi connectivity index (χ1v) is 5.82. The van der Waals surface area contributed by atoms with E-state index in [4.69, 9.17) is 9.84 Å². The van der Waals surface area contributed by atoms with Gasteiger partial charge in [-0.2, -0.15) is 0 Å². The molecule has 0 spiro atoms. The second kappa shape index (κ2) is 5.44. The van der Waals surface area contributed by atoms with Crippen LogP contribution in [0.5, 0.6) is 0 Å². The normalized spacial score (nSPS) is 22.5. The molecule has 1 aliphatic rings. The van der Waals surface area contributed by atoms with E-state index in [9.17, 15) is 5.11 Å². The maximum atomic E-state index is 9.38. The Labute approximate surface area is 101 Å². The number of ether oxygens (including phenoxy) is 1. The Balaban J connectivity index is 2.06. The van der Waals surface area contributed by atoms with Crippen molar-refractivity contribution >= 4 is 5.69 Å². The average Bonchev–Trinajstić information content (AvgIpc) is 2.39. The van der Waals surface area contributed by atoms with E-state index < -0.39 is 6.10 Å². The summed E-state index contributed by atoms with van der Waals surface area (Å²) >= 11 is 0. The van der Waals surface area contributed by atoms with Gasteiger partial charge in [0.15, 0.2) is 0 Å². The number of pyridine rings is 1. The fraction of sp³-hybridized carbons (Fsp3) is 0.583. The number of aliphatic hydroxyl groups excluding tert-OH is 2. The molecular weight excluding hydrogens is 220 g/mol. The van der Waals surface area contributed by atoms with E-state index in [1.807, 2.05) is 12.1 Å². The smallest absolute Gasteiger partial charge is 0.0980 e. The second-order valence-corrected chi connectivity index (χ2v) is 4.24. The molecule has 1 aliphatic heterocycles. The molecule has 0 aromatic carbocycles. The first-order chi connectivity index (χ1) is 8.20. The highest BCUT2D eigenvalue weighted by Gasteiger charge is 2.20. The van der Waals surface area contributed by atoms with E-state index in [-0.39, 0.29) is 12.7 Å². The maximum Gasteiger partial charge on any atom is 0.0980 e. The molecule has 0 bridgehead atoms. The number of aliphatic hydroxyl groups is 2. The highest BCUT2D eigenvalue weighted by molar-refractivity contribution is 5.45. The summed E-state index contributed by atoms with van der Waals surface area (Å²) in [5.41, 5.74) is 1.66. The summed E-state index contributed by atoms with van der Waals surface area (Å²) in [6.45, 7) is 3.82. The molecule has 0 saturated carbocycles. The topological polar surface area (TPSA) is 65.8 Å². The van der Waals surface area contributed by atoms with Crippen LogP contribution in [0.1, 0.15) is 18.7 Å². The monoisotopic (exact) mass is 238 g/mol. The molecule has 17 heavy (non-hydrogen) atoms. The molecule has 0 amide bonds. The Kier molecular flexibility index (Phi) is 3.93. The van der Waals surface area contributed by atoms with Gasteiger partial charge in [0.1, 0.15) is 0 Å². The van der Waals surface area contributed by atoms with Crippen LogP contribution in [-0.4, -0.2) is 47.6 Å². The van der Waals surface area contributed by atoms with E-state index in [1.54, 1.807) is 13.1 Å². The van der Waals surface area contributed by atoms with Crippen LogP contribution in [-0.2, 0) is 4.74 Å². The number of anilines is 1. The average molecular weight is 238 g/mol. The third kappa shape index (κ3) is 2.94.